The van der Waals surface area contributed by atoms with E-state index in [9.17, 15) is 15.6 Å². The monoisotopic (exact) mass is 540 g/mol. The van der Waals surface area contributed by atoms with Crippen LogP contribution in [0.3, 0.4) is 0 Å². The maximum Gasteiger partial charge on any atom is 0.110 e. The lowest BCUT2D eigenvalue weighted by Crippen LogP contribution is -2.27. The Morgan fingerprint density at radius 1 is 1.18 bits per heavy atom. The summed E-state index contributed by atoms with van der Waals surface area (Å²) in [6.45, 7) is 6.39. The van der Waals surface area contributed by atoms with Crippen molar-refractivity contribution in [2.45, 2.75) is 45.2 Å². The minimum atomic E-state index is -0.448. The summed E-state index contributed by atoms with van der Waals surface area (Å²) in [6, 6.07) is 15.1. The van der Waals surface area contributed by atoms with Crippen LogP contribution in [-0.4, -0.2) is 38.2 Å². The number of benzene rings is 2. The van der Waals surface area contributed by atoms with Gasteiger partial charge in [0.15, 0.2) is 0 Å². The summed E-state index contributed by atoms with van der Waals surface area (Å²) in [7, 11) is 0. The highest BCUT2D eigenvalue weighted by Crippen LogP contribution is 2.43. The number of rotatable bonds is 9. The molecule has 0 bridgehead atoms. The normalized spacial score (nSPS) is 14.8. The van der Waals surface area contributed by atoms with Gasteiger partial charge in [-0.05, 0) is 43.5 Å². The Morgan fingerprint density at radius 3 is 2.59 bits per heavy atom. The molecule has 1 fully saturated rings. The number of fused-ring (bicyclic) bond motifs is 1. The van der Waals surface area contributed by atoms with Gasteiger partial charge < -0.3 is 15.7 Å². The maximum atomic E-state index is 10.0. The number of nitrogens with one attached hydrogen (secondary N) is 2. The van der Waals surface area contributed by atoms with E-state index in [4.69, 9.17) is 11.6 Å². The summed E-state index contributed by atoms with van der Waals surface area (Å²) < 4.78 is 1.91. The first-order chi connectivity index (χ1) is 18.7. The van der Waals surface area contributed by atoms with Gasteiger partial charge in [0.1, 0.15) is 17.8 Å². The van der Waals surface area contributed by atoms with Gasteiger partial charge in [-0.25, -0.2) is 4.68 Å². The van der Waals surface area contributed by atoms with Crippen molar-refractivity contribution in [3.05, 3.63) is 76.2 Å². The lowest BCUT2D eigenvalue weighted by atomic mass is 9.94. The number of aliphatic hydroxyl groups is 1. The van der Waals surface area contributed by atoms with Crippen molar-refractivity contribution in [1.29, 1.82) is 10.5 Å². The number of hydrogen-bond acceptors (Lipinski definition) is 8. The fraction of sp³-hybridized carbons (Fsp3) is 0.345. The lowest BCUT2D eigenvalue weighted by molar-refractivity contribution is 0.171. The number of nitriles is 2. The molecule has 1 atom stereocenters. The summed E-state index contributed by atoms with van der Waals surface area (Å²) in [5, 5.41) is 46.5. The molecule has 9 nitrogen and oxygen atoms in total. The Hall–Kier alpha value is -4.18. The molecular weight excluding hydrogens is 512 g/mol. The highest BCUT2D eigenvalue weighted by atomic mass is 35.5. The Balaban J connectivity index is 1.62. The SMILES string of the molecule is CC(C)(CO)CNc1c(C#N)cnc2c(C#N)cc(NC(c3cn(C4(C)CC4)nn3)c3ccccc3Cl)cc12. The molecule has 2 aromatic heterocycles. The molecule has 5 rings (SSSR count). The molecule has 0 saturated heterocycles. The summed E-state index contributed by atoms with van der Waals surface area (Å²) in [6.07, 6.45) is 5.51. The number of aliphatic hydroxyl groups excluding tert-OH is 1. The van der Waals surface area contributed by atoms with Gasteiger partial charge in [-0.3, -0.25) is 4.98 Å². The number of halogens is 1. The third kappa shape index (κ3) is 5.24. The average Bonchev–Trinajstić information content (AvgIpc) is 3.49. The van der Waals surface area contributed by atoms with Crippen LogP contribution in [0.2, 0.25) is 5.02 Å². The third-order valence-electron chi connectivity index (χ3n) is 7.24. The molecule has 0 amide bonds. The molecule has 1 saturated carbocycles. The van der Waals surface area contributed by atoms with E-state index in [0.29, 0.717) is 50.7 Å². The number of nitrogens with zero attached hydrogens (tertiary/aromatic N) is 6. The number of pyridine rings is 1. The molecule has 0 spiro atoms. The zero-order valence-electron chi connectivity index (χ0n) is 22.0. The van der Waals surface area contributed by atoms with E-state index in [0.717, 1.165) is 18.4 Å². The van der Waals surface area contributed by atoms with Crippen LogP contribution in [0.4, 0.5) is 11.4 Å². The van der Waals surface area contributed by atoms with E-state index in [1.54, 1.807) is 6.07 Å². The minimum Gasteiger partial charge on any atom is -0.396 e. The molecule has 0 aliphatic heterocycles. The van der Waals surface area contributed by atoms with Crippen LogP contribution in [-0.2, 0) is 5.54 Å². The smallest absolute Gasteiger partial charge is 0.110 e. The molecule has 0 radical (unpaired) electrons. The van der Waals surface area contributed by atoms with Crippen LogP contribution in [0, 0.1) is 28.1 Å². The van der Waals surface area contributed by atoms with E-state index < -0.39 is 11.5 Å². The number of anilines is 2. The van der Waals surface area contributed by atoms with Crippen molar-refractivity contribution in [1.82, 2.24) is 20.0 Å². The molecular formula is C29H29ClN8O. The highest BCUT2D eigenvalue weighted by Gasteiger charge is 2.41. The third-order valence-corrected chi connectivity index (χ3v) is 7.59. The minimum absolute atomic E-state index is 0.0184. The first-order valence-electron chi connectivity index (χ1n) is 12.7. The van der Waals surface area contributed by atoms with Gasteiger partial charge in [0.05, 0.1) is 40.1 Å². The summed E-state index contributed by atoms with van der Waals surface area (Å²) >= 11 is 6.64. The Labute approximate surface area is 232 Å². The zero-order chi connectivity index (χ0) is 27.8. The van der Waals surface area contributed by atoms with E-state index in [2.05, 4.69) is 45.0 Å². The van der Waals surface area contributed by atoms with Crippen molar-refractivity contribution in [3.63, 3.8) is 0 Å². The largest absolute Gasteiger partial charge is 0.396 e. The van der Waals surface area contributed by atoms with E-state index in [1.165, 1.54) is 6.20 Å². The molecule has 4 aromatic rings. The van der Waals surface area contributed by atoms with Gasteiger partial charge in [-0.1, -0.05) is 48.9 Å². The Kier molecular flexibility index (Phi) is 6.90. The predicted molar refractivity (Wildman–Crippen MR) is 150 cm³/mol. The molecule has 1 aliphatic carbocycles. The quantitative estimate of drug-likeness (QED) is 0.258. The van der Waals surface area contributed by atoms with Crippen LogP contribution in [0.5, 0.6) is 0 Å². The lowest BCUT2D eigenvalue weighted by Gasteiger charge is -2.24. The van der Waals surface area contributed by atoms with E-state index in [1.807, 2.05) is 55.1 Å². The Morgan fingerprint density at radius 2 is 1.92 bits per heavy atom. The highest BCUT2D eigenvalue weighted by molar-refractivity contribution is 6.31. The molecule has 2 heterocycles. The fourth-order valence-corrected chi connectivity index (χ4v) is 4.64. The second-order valence-electron chi connectivity index (χ2n) is 11.1. The summed E-state index contributed by atoms with van der Waals surface area (Å²) in [5.41, 5.74) is 3.46. The maximum absolute atomic E-state index is 10.0. The first-order valence-corrected chi connectivity index (χ1v) is 13.1. The number of aromatic nitrogens is 4. The van der Waals surface area contributed by atoms with Crippen molar-refractivity contribution >= 4 is 33.9 Å². The first kappa shape index (κ1) is 26.4. The molecule has 1 aliphatic rings. The van der Waals surface area contributed by atoms with Gasteiger partial charge >= 0.3 is 0 Å². The summed E-state index contributed by atoms with van der Waals surface area (Å²) in [4.78, 5) is 4.43. The molecule has 2 aromatic carbocycles. The zero-order valence-corrected chi connectivity index (χ0v) is 22.8. The average molecular weight is 541 g/mol. The van der Waals surface area contributed by atoms with Crippen molar-refractivity contribution in [3.8, 4) is 12.1 Å². The van der Waals surface area contributed by atoms with E-state index in [-0.39, 0.29) is 12.1 Å². The van der Waals surface area contributed by atoms with Gasteiger partial charge in [-0.2, -0.15) is 10.5 Å². The van der Waals surface area contributed by atoms with Crippen LogP contribution < -0.4 is 10.6 Å². The van der Waals surface area contributed by atoms with Gasteiger partial charge in [0, 0.05) is 40.9 Å². The second kappa shape index (κ2) is 10.2. The van der Waals surface area contributed by atoms with Crippen molar-refractivity contribution in [2.24, 2.45) is 5.41 Å². The van der Waals surface area contributed by atoms with Gasteiger partial charge in [0.2, 0.25) is 0 Å². The van der Waals surface area contributed by atoms with Crippen LogP contribution in [0.1, 0.15) is 62.0 Å². The van der Waals surface area contributed by atoms with Gasteiger partial charge in [0.25, 0.3) is 0 Å². The predicted octanol–water partition coefficient (Wildman–Crippen LogP) is 5.36. The molecule has 1 unspecified atom stereocenters. The van der Waals surface area contributed by atoms with Crippen LogP contribution >= 0.6 is 11.6 Å². The molecule has 3 N–H and O–H groups in total. The summed E-state index contributed by atoms with van der Waals surface area (Å²) in [5.74, 6) is 0. The van der Waals surface area contributed by atoms with Crippen LogP contribution in [0.25, 0.3) is 10.9 Å². The molecule has 39 heavy (non-hydrogen) atoms. The standard InChI is InChI=1S/C29H29ClN8O/c1-28(2,17-39)16-34-26-19(13-32)14-33-25-18(12-31)10-20(11-22(25)26)35-27(21-6-4-5-7-23(21)30)24-15-38(37-36-24)29(3)8-9-29/h4-7,10-11,14-15,27,35,39H,8-9,16-17H2,1-3H3,(H,33,34). The van der Waals surface area contributed by atoms with Crippen molar-refractivity contribution in [2.75, 3.05) is 23.8 Å². The number of hydrogen-bond donors (Lipinski definition) is 3. The molecule has 198 valence electrons. The molecule has 10 heteroatoms. The fourth-order valence-electron chi connectivity index (χ4n) is 4.40. The Bertz CT molecular complexity index is 1630. The van der Waals surface area contributed by atoms with E-state index >= 15 is 0 Å². The van der Waals surface area contributed by atoms with Gasteiger partial charge in [-0.15, -0.1) is 5.10 Å². The topological polar surface area (TPSA) is 135 Å². The van der Waals surface area contributed by atoms with Crippen LogP contribution in [0.15, 0.2) is 48.8 Å². The van der Waals surface area contributed by atoms with Crippen molar-refractivity contribution < 1.29 is 5.11 Å². The second-order valence-corrected chi connectivity index (χ2v) is 11.5.